The predicted octanol–water partition coefficient (Wildman–Crippen LogP) is 4.50. The Morgan fingerprint density at radius 2 is 2.13 bits per heavy atom. The van der Waals surface area contributed by atoms with Crippen molar-refractivity contribution >= 4 is 27.5 Å². The van der Waals surface area contributed by atoms with Gasteiger partial charge in [-0.1, -0.05) is 21.1 Å². The minimum Gasteiger partial charge on any atom is -0.497 e. The first-order valence-electron chi connectivity index (χ1n) is 9.97. The van der Waals surface area contributed by atoms with Crippen LogP contribution in [0.1, 0.15) is 18.7 Å². The highest BCUT2D eigenvalue weighted by atomic mass is 79.9. The van der Waals surface area contributed by atoms with Crippen LogP contribution in [0.4, 0.5) is 10.1 Å². The van der Waals surface area contributed by atoms with E-state index in [2.05, 4.69) is 36.3 Å². The molecule has 0 saturated carbocycles. The fourth-order valence-electron chi connectivity index (χ4n) is 3.61. The van der Waals surface area contributed by atoms with Crippen molar-refractivity contribution in [3.8, 4) is 17.1 Å². The van der Waals surface area contributed by atoms with Crippen molar-refractivity contribution in [3.05, 3.63) is 58.6 Å². The zero-order valence-corrected chi connectivity index (χ0v) is 18.6. The number of likely N-dealkylation sites (tertiary alicyclic amines) is 1. The molecule has 2 aromatic carbocycles. The maximum absolute atomic E-state index is 14.0. The number of rotatable bonds is 6. The molecule has 1 aromatic heterocycles. The molecule has 2 heterocycles. The van der Waals surface area contributed by atoms with Crippen molar-refractivity contribution < 1.29 is 18.4 Å². The molecule has 1 aliphatic rings. The molecule has 1 amide bonds. The lowest BCUT2D eigenvalue weighted by molar-refractivity contribution is -0.121. The van der Waals surface area contributed by atoms with Crippen LogP contribution in [-0.2, 0) is 11.3 Å². The Labute approximate surface area is 187 Å². The molecule has 0 bridgehead atoms. The predicted molar refractivity (Wildman–Crippen MR) is 117 cm³/mol. The number of methoxy groups -OCH3 is 1. The number of benzene rings is 2. The van der Waals surface area contributed by atoms with Crippen LogP contribution >= 0.6 is 15.9 Å². The smallest absolute Gasteiger partial charge is 0.241 e. The molecule has 9 heteroatoms. The van der Waals surface area contributed by atoms with Crippen LogP contribution in [0.15, 0.2) is 51.5 Å². The highest BCUT2D eigenvalue weighted by Crippen LogP contribution is 2.24. The lowest BCUT2D eigenvalue weighted by Gasteiger charge is -2.30. The lowest BCUT2D eigenvalue weighted by atomic mass is 9.97. The van der Waals surface area contributed by atoms with Crippen LogP contribution in [0.2, 0.25) is 0 Å². The van der Waals surface area contributed by atoms with Gasteiger partial charge in [0.2, 0.25) is 17.6 Å². The Balaban J connectivity index is 1.36. The van der Waals surface area contributed by atoms with Gasteiger partial charge in [0.05, 0.1) is 25.3 Å². The number of halogens is 2. The maximum atomic E-state index is 14.0. The van der Waals surface area contributed by atoms with Crippen LogP contribution in [0.5, 0.6) is 5.75 Å². The third-order valence-corrected chi connectivity index (χ3v) is 5.73. The molecule has 1 aliphatic heterocycles. The minimum atomic E-state index is -0.465. The number of nitrogens with one attached hydrogen (secondary N) is 1. The van der Waals surface area contributed by atoms with Crippen molar-refractivity contribution in [2.75, 3.05) is 25.5 Å². The number of carbonyl (C=O) groups excluding carboxylic acids is 1. The summed E-state index contributed by atoms with van der Waals surface area (Å²) in [7, 11) is 1.61. The molecule has 162 valence electrons. The van der Waals surface area contributed by atoms with Gasteiger partial charge in [0.25, 0.3) is 0 Å². The number of aromatic nitrogens is 2. The minimum absolute atomic E-state index is 0.185. The van der Waals surface area contributed by atoms with Crippen LogP contribution in [0.3, 0.4) is 0 Å². The zero-order valence-electron chi connectivity index (χ0n) is 17.0. The summed E-state index contributed by atoms with van der Waals surface area (Å²) in [6.07, 6.45) is 1.61. The second-order valence-electron chi connectivity index (χ2n) is 7.43. The Bertz CT molecular complexity index is 1060. The number of ether oxygens (including phenoxy) is 1. The van der Waals surface area contributed by atoms with Crippen molar-refractivity contribution in [3.63, 3.8) is 0 Å². The molecule has 1 N–H and O–H groups in total. The Morgan fingerprint density at radius 1 is 1.32 bits per heavy atom. The van der Waals surface area contributed by atoms with Gasteiger partial charge in [0.1, 0.15) is 11.6 Å². The summed E-state index contributed by atoms with van der Waals surface area (Å²) in [5, 5.41) is 6.76. The molecule has 3 aromatic rings. The van der Waals surface area contributed by atoms with E-state index < -0.39 is 5.82 Å². The number of nitrogens with zero attached hydrogens (tertiary/aromatic N) is 3. The van der Waals surface area contributed by atoms with E-state index in [-0.39, 0.29) is 17.5 Å². The fourth-order valence-corrected chi connectivity index (χ4v) is 3.94. The maximum Gasteiger partial charge on any atom is 0.241 e. The van der Waals surface area contributed by atoms with Gasteiger partial charge in [-0.05, 0) is 61.9 Å². The lowest BCUT2D eigenvalue weighted by Crippen LogP contribution is -2.40. The first-order chi connectivity index (χ1) is 15.0. The van der Waals surface area contributed by atoms with Crippen molar-refractivity contribution in [2.24, 2.45) is 5.92 Å². The molecule has 1 unspecified atom stereocenters. The van der Waals surface area contributed by atoms with Gasteiger partial charge in [-0.15, -0.1) is 0 Å². The topological polar surface area (TPSA) is 80.5 Å². The highest BCUT2D eigenvalue weighted by molar-refractivity contribution is 9.10. The second-order valence-corrected chi connectivity index (χ2v) is 8.34. The largest absolute Gasteiger partial charge is 0.497 e. The third-order valence-electron chi connectivity index (χ3n) is 5.24. The molecule has 1 fully saturated rings. The van der Waals surface area contributed by atoms with E-state index in [0.717, 1.165) is 30.7 Å². The van der Waals surface area contributed by atoms with E-state index in [9.17, 15) is 9.18 Å². The summed E-state index contributed by atoms with van der Waals surface area (Å²) in [6, 6.07) is 12.0. The van der Waals surface area contributed by atoms with E-state index in [1.54, 1.807) is 19.2 Å². The number of amides is 1. The second kappa shape index (κ2) is 9.57. The molecular formula is C22H22BrFN4O3. The SMILES string of the molecule is COc1ccc(-c2noc(CN3CCCC(C(=O)Nc4ccc(Br)cc4F)C3)n2)cc1. The van der Waals surface area contributed by atoms with Crippen LogP contribution in [0.25, 0.3) is 11.4 Å². The first kappa shape index (κ1) is 21.5. The number of hydrogen-bond donors (Lipinski definition) is 1. The molecule has 1 atom stereocenters. The molecule has 0 radical (unpaired) electrons. The van der Waals surface area contributed by atoms with Gasteiger partial charge in [-0.3, -0.25) is 9.69 Å². The molecule has 31 heavy (non-hydrogen) atoms. The molecule has 4 rings (SSSR count). The van der Waals surface area contributed by atoms with E-state index in [1.165, 1.54) is 6.07 Å². The van der Waals surface area contributed by atoms with Gasteiger partial charge in [-0.25, -0.2) is 4.39 Å². The van der Waals surface area contributed by atoms with Crippen molar-refractivity contribution in [1.82, 2.24) is 15.0 Å². The molecule has 0 spiro atoms. The number of anilines is 1. The summed E-state index contributed by atoms with van der Waals surface area (Å²) in [5.41, 5.74) is 1.02. The van der Waals surface area contributed by atoms with E-state index in [1.807, 2.05) is 24.3 Å². The Morgan fingerprint density at radius 3 is 2.87 bits per heavy atom. The van der Waals surface area contributed by atoms with Crippen molar-refractivity contribution in [2.45, 2.75) is 19.4 Å². The van der Waals surface area contributed by atoms with Gasteiger partial charge in [0.15, 0.2) is 0 Å². The van der Waals surface area contributed by atoms with Crippen LogP contribution in [-0.4, -0.2) is 41.1 Å². The molecule has 1 saturated heterocycles. The monoisotopic (exact) mass is 488 g/mol. The standard InChI is InChI=1S/C22H22BrFN4O3/c1-30-17-7-4-14(5-8-17)21-26-20(31-27-21)13-28-10-2-3-15(12-28)22(29)25-19-9-6-16(23)11-18(19)24/h4-9,11,15H,2-3,10,12-13H2,1H3,(H,25,29). The quantitative estimate of drug-likeness (QED) is 0.550. The third kappa shape index (κ3) is 5.29. The number of piperidine rings is 1. The Kier molecular flexibility index (Phi) is 6.62. The van der Waals surface area contributed by atoms with Gasteiger partial charge >= 0.3 is 0 Å². The number of hydrogen-bond acceptors (Lipinski definition) is 6. The average molecular weight is 489 g/mol. The normalized spacial score (nSPS) is 16.8. The van der Waals surface area contributed by atoms with Crippen molar-refractivity contribution in [1.29, 1.82) is 0 Å². The Hall–Kier alpha value is -2.78. The zero-order chi connectivity index (χ0) is 21.8. The summed E-state index contributed by atoms with van der Waals surface area (Å²) in [6.45, 7) is 1.83. The van der Waals surface area contributed by atoms with E-state index >= 15 is 0 Å². The summed E-state index contributed by atoms with van der Waals surface area (Å²) in [5.74, 6) is 0.872. The highest BCUT2D eigenvalue weighted by Gasteiger charge is 2.27. The number of carbonyl (C=O) groups is 1. The summed E-state index contributed by atoms with van der Waals surface area (Å²) >= 11 is 3.22. The fraction of sp³-hybridized carbons (Fsp3) is 0.318. The van der Waals surface area contributed by atoms with Crippen LogP contribution in [0, 0.1) is 11.7 Å². The van der Waals surface area contributed by atoms with Gasteiger partial charge in [0, 0.05) is 16.6 Å². The summed E-state index contributed by atoms with van der Waals surface area (Å²) in [4.78, 5) is 19.2. The first-order valence-corrected chi connectivity index (χ1v) is 10.8. The van der Waals surface area contributed by atoms with E-state index in [0.29, 0.717) is 29.3 Å². The summed E-state index contributed by atoms with van der Waals surface area (Å²) < 4.78 is 25.2. The van der Waals surface area contributed by atoms with Crippen LogP contribution < -0.4 is 10.1 Å². The molecular weight excluding hydrogens is 467 g/mol. The van der Waals surface area contributed by atoms with Gasteiger partial charge < -0.3 is 14.6 Å². The molecule has 0 aliphatic carbocycles. The van der Waals surface area contributed by atoms with Gasteiger partial charge in [-0.2, -0.15) is 4.98 Å². The average Bonchev–Trinajstić information content (AvgIpc) is 3.24. The molecule has 7 nitrogen and oxygen atoms in total. The van der Waals surface area contributed by atoms with E-state index in [4.69, 9.17) is 9.26 Å².